The number of amides is 1. The van der Waals surface area contributed by atoms with Gasteiger partial charge in [-0.25, -0.2) is 9.67 Å². The lowest BCUT2D eigenvalue weighted by atomic mass is 10.0. The van der Waals surface area contributed by atoms with Crippen molar-refractivity contribution in [1.29, 1.82) is 0 Å². The van der Waals surface area contributed by atoms with E-state index in [0.717, 1.165) is 67.3 Å². The number of carbonyl (C=O) groups excluding carboxylic acids is 1. The van der Waals surface area contributed by atoms with Crippen molar-refractivity contribution in [1.82, 2.24) is 39.9 Å². The molecule has 5 heterocycles. The molecule has 0 aliphatic carbocycles. The second kappa shape index (κ2) is 16.8. The van der Waals surface area contributed by atoms with Crippen LogP contribution in [0.1, 0.15) is 51.8 Å². The number of carbonyl (C=O) groups is 1. The van der Waals surface area contributed by atoms with Gasteiger partial charge in [0.05, 0.1) is 25.9 Å². The lowest BCUT2D eigenvalue weighted by Crippen LogP contribution is -2.48. The Balaban J connectivity index is 0.842. The molecule has 3 aromatic carbocycles. The molecule has 0 radical (unpaired) electrons. The number of hydrogen-bond donors (Lipinski definition) is 0. The Labute approximate surface area is 337 Å². The first kappa shape index (κ1) is 38.2. The number of benzene rings is 3. The van der Waals surface area contributed by atoms with E-state index in [1.54, 1.807) is 25.1 Å². The quantitative estimate of drug-likeness (QED) is 0.130. The summed E-state index contributed by atoms with van der Waals surface area (Å²) in [6, 6.07) is 25.7. The lowest BCUT2D eigenvalue weighted by molar-refractivity contribution is 0.0736. The maximum absolute atomic E-state index is 13.5. The van der Waals surface area contributed by atoms with Gasteiger partial charge in [-0.2, -0.15) is 4.98 Å². The molecule has 6 aromatic rings. The fourth-order valence-electron chi connectivity index (χ4n) is 7.62. The Kier molecular flexibility index (Phi) is 11.2. The van der Waals surface area contributed by atoms with Crippen molar-refractivity contribution in [2.75, 3.05) is 63.2 Å². The van der Waals surface area contributed by atoms with Gasteiger partial charge in [0.25, 0.3) is 5.91 Å². The summed E-state index contributed by atoms with van der Waals surface area (Å²) in [4.78, 5) is 33.1. The number of methoxy groups -OCH3 is 1. The van der Waals surface area contributed by atoms with Crippen molar-refractivity contribution in [3.63, 3.8) is 0 Å². The molecule has 294 valence electrons. The molecule has 0 spiro atoms. The molecule has 57 heavy (non-hydrogen) atoms. The van der Waals surface area contributed by atoms with Crippen molar-refractivity contribution in [3.05, 3.63) is 113 Å². The van der Waals surface area contributed by atoms with Crippen LogP contribution >= 0.6 is 11.8 Å². The highest BCUT2D eigenvalue weighted by Crippen LogP contribution is 2.33. The van der Waals surface area contributed by atoms with Crippen LogP contribution in [0.4, 0.5) is 17.2 Å². The summed E-state index contributed by atoms with van der Waals surface area (Å²) in [6.45, 7) is 11.4. The summed E-state index contributed by atoms with van der Waals surface area (Å²) in [5.41, 5.74) is 8.01. The van der Waals surface area contributed by atoms with E-state index in [0.29, 0.717) is 37.1 Å². The maximum Gasteiger partial charge on any atom is 0.318 e. The fraction of sp³-hybridized carbons (Fsp3) is 0.349. The normalized spacial score (nSPS) is 16.2. The van der Waals surface area contributed by atoms with Crippen molar-refractivity contribution in [2.45, 2.75) is 56.0 Å². The van der Waals surface area contributed by atoms with Crippen LogP contribution in [0, 0.1) is 20.8 Å². The van der Waals surface area contributed by atoms with E-state index in [4.69, 9.17) is 9.26 Å². The number of piperidine rings is 1. The predicted octanol–water partition coefficient (Wildman–Crippen LogP) is 7.38. The minimum atomic E-state index is -0.0844. The Morgan fingerprint density at radius 2 is 1.77 bits per heavy atom. The number of ether oxygens (including phenoxy) is 1. The van der Waals surface area contributed by atoms with Crippen molar-refractivity contribution in [3.8, 4) is 17.3 Å². The molecule has 0 bridgehead atoms. The van der Waals surface area contributed by atoms with E-state index in [-0.39, 0.29) is 11.9 Å². The third kappa shape index (κ3) is 8.66. The van der Waals surface area contributed by atoms with Gasteiger partial charge in [0, 0.05) is 78.8 Å². The van der Waals surface area contributed by atoms with Gasteiger partial charge >= 0.3 is 6.01 Å². The highest BCUT2D eigenvalue weighted by molar-refractivity contribution is 7.99. The second-order valence-corrected chi connectivity index (χ2v) is 16.0. The largest absolute Gasteiger partial charge is 0.467 e. The molecular weight excluding hydrogens is 737 g/mol. The zero-order chi connectivity index (χ0) is 39.5. The first-order valence-electron chi connectivity index (χ1n) is 19.4. The maximum atomic E-state index is 13.5. The van der Waals surface area contributed by atoms with Gasteiger partial charge in [-0.15, -0.1) is 5.10 Å². The third-order valence-corrected chi connectivity index (χ3v) is 12.1. The average Bonchev–Trinajstić information content (AvgIpc) is 3.93. The predicted molar refractivity (Wildman–Crippen MR) is 221 cm³/mol. The van der Waals surface area contributed by atoms with Crippen LogP contribution in [0.5, 0.6) is 6.01 Å². The number of nitrogens with zero attached hydrogens (tertiary/aromatic N) is 10. The smallest absolute Gasteiger partial charge is 0.318 e. The number of rotatable bonds is 11. The number of piperazine rings is 1. The van der Waals surface area contributed by atoms with Crippen molar-refractivity contribution >= 4 is 34.9 Å². The van der Waals surface area contributed by atoms with Crippen molar-refractivity contribution < 1.29 is 14.1 Å². The van der Waals surface area contributed by atoms with E-state index >= 15 is 0 Å². The molecule has 8 rings (SSSR count). The standard InChI is InChI=1S/C43H48N10O3S/c1-29-8-15-40(31(3)23-29)57-36-13-11-32(12-14-36)51-19-21-52(22-20-51)42(54)38-25-35(56-47-38)27-50-18-6-7-34(26-50)53-28-39(46-48-53)37-24-33(10-9-30(37)2)49(4)41-16-17-44-43(45-41)55-5/h8-17,23-25,28,34H,6-7,18-22,26-27H2,1-5H3. The number of hydrogen-bond acceptors (Lipinski definition) is 12. The topological polar surface area (TPSA) is 122 Å². The Hall–Kier alpha value is -5.73. The number of aryl methyl sites for hydroxylation is 3. The minimum absolute atomic E-state index is 0.0844. The van der Waals surface area contributed by atoms with Crippen molar-refractivity contribution in [2.24, 2.45) is 0 Å². The molecule has 1 amide bonds. The van der Waals surface area contributed by atoms with Crippen LogP contribution in [0.25, 0.3) is 11.3 Å². The van der Waals surface area contributed by atoms with Crippen LogP contribution < -0.4 is 14.5 Å². The summed E-state index contributed by atoms with van der Waals surface area (Å²) in [7, 11) is 3.52. The van der Waals surface area contributed by atoms with Gasteiger partial charge in [-0.1, -0.05) is 45.9 Å². The third-order valence-electron chi connectivity index (χ3n) is 10.9. The number of aromatic nitrogens is 6. The Morgan fingerprint density at radius 1 is 0.947 bits per heavy atom. The summed E-state index contributed by atoms with van der Waals surface area (Å²) in [5, 5.41) is 13.4. The van der Waals surface area contributed by atoms with Gasteiger partial charge in [0.2, 0.25) is 0 Å². The van der Waals surface area contributed by atoms with Crippen LogP contribution in [-0.2, 0) is 6.54 Å². The van der Waals surface area contributed by atoms with Gasteiger partial charge in [0.1, 0.15) is 11.5 Å². The monoisotopic (exact) mass is 784 g/mol. The lowest BCUT2D eigenvalue weighted by Gasteiger charge is -2.35. The van der Waals surface area contributed by atoms with Gasteiger partial charge in [0.15, 0.2) is 11.5 Å². The molecule has 2 aliphatic heterocycles. The van der Waals surface area contributed by atoms with E-state index in [1.165, 1.54) is 26.6 Å². The van der Waals surface area contributed by atoms with Gasteiger partial charge < -0.3 is 24.0 Å². The molecule has 1 atom stereocenters. The molecule has 1 unspecified atom stereocenters. The highest BCUT2D eigenvalue weighted by atomic mass is 32.2. The van der Waals surface area contributed by atoms with Gasteiger partial charge in [-0.05, 0) is 99.8 Å². The minimum Gasteiger partial charge on any atom is -0.467 e. The van der Waals surface area contributed by atoms with Crippen LogP contribution in [0.3, 0.4) is 0 Å². The summed E-state index contributed by atoms with van der Waals surface area (Å²) >= 11 is 1.79. The zero-order valence-electron chi connectivity index (χ0n) is 33.1. The highest BCUT2D eigenvalue weighted by Gasteiger charge is 2.27. The molecule has 2 saturated heterocycles. The molecule has 2 aliphatic rings. The Bertz CT molecular complexity index is 2340. The first-order chi connectivity index (χ1) is 27.7. The van der Waals surface area contributed by atoms with E-state index in [2.05, 4.69) is 117 Å². The number of anilines is 3. The summed E-state index contributed by atoms with van der Waals surface area (Å²) < 4.78 is 12.9. The molecular formula is C43H48N10O3S. The molecule has 14 heteroatoms. The molecule has 13 nitrogen and oxygen atoms in total. The van der Waals surface area contributed by atoms with E-state index < -0.39 is 0 Å². The van der Waals surface area contributed by atoms with Crippen LogP contribution in [-0.4, -0.2) is 99.3 Å². The zero-order valence-corrected chi connectivity index (χ0v) is 33.9. The van der Waals surface area contributed by atoms with E-state index in [1.807, 2.05) is 39.9 Å². The van der Waals surface area contributed by atoms with Gasteiger partial charge in [-0.3, -0.25) is 9.69 Å². The second-order valence-electron chi connectivity index (χ2n) is 14.9. The SMILES string of the molecule is COc1nccc(N(C)c2ccc(C)c(-c3cn(C4CCCN(Cc5cc(C(=O)N6CCN(c7ccc(Sc8ccc(C)cc8C)cc7)CC6)no5)C4)nn3)c2)n1. The first-order valence-corrected chi connectivity index (χ1v) is 20.2. The molecule has 2 fully saturated rings. The number of likely N-dealkylation sites (tertiary alicyclic amines) is 1. The fourth-order valence-corrected chi connectivity index (χ4v) is 8.50. The molecule has 0 saturated carbocycles. The Morgan fingerprint density at radius 3 is 2.56 bits per heavy atom. The average molecular weight is 785 g/mol. The summed E-state index contributed by atoms with van der Waals surface area (Å²) in [5.74, 6) is 1.33. The molecule has 0 N–H and O–H groups in total. The summed E-state index contributed by atoms with van der Waals surface area (Å²) in [6.07, 6.45) is 5.74. The molecule has 3 aromatic heterocycles. The van der Waals surface area contributed by atoms with E-state index in [9.17, 15) is 4.79 Å². The van der Waals surface area contributed by atoms with Crippen LogP contribution in [0.15, 0.2) is 99.5 Å². The van der Waals surface area contributed by atoms with Crippen LogP contribution in [0.2, 0.25) is 0 Å².